The zero-order valence-electron chi connectivity index (χ0n) is 18.2. The van der Waals surface area contributed by atoms with Crippen molar-refractivity contribution in [3.63, 3.8) is 0 Å². The van der Waals surface area contributed by atoms with Crippen molar-refractivity contribution in [2.75, 3.05) is 11.9 Å². The number of fused-ring (bicyclic) bond motifs is 2. The molecule has 0 radical (unpaired) electrons. The van der Waals surface area contributed by atoms with Crippen LogP contribution in [0.4, 0.5) is 11.4 Å². The summed E-state index contributed by atoms with van der Waals surface area (Å²) in [6.45, 7) is 3.81. The second kappa shape index (κ2) is 9.14. The maximum atomic E-state index is 13.1. The minimum Gasteiger partial charge on any atom is -0.325 e. The number of hydrogen-bond acceptors (Lipinski definition) is 4. The molecule has 0 aliphatic carbocycles. The number of carbonyl (C=O) groups is 1. The molecule has 1 aliphatic rings. The second-order valence-electron chi connectivity index (χ2n) is 8.01. The number of nitrogens with zero attached hydrogens (tertiary/aromatic N) is 2. The van der Waals surface area contributed by atoms with Gasteiger partial charge < -0.3 is 10.6 Å². The predicted molar refractivity (Wildman–Crippen MR) is 135 cm³/mol. The maximum Gasteiger partial charge on any atom is 0.238 e. The van der Waals surface area contributed by atoms with Crippen LogP contribution >= 0.6 is 11.6 Å². The first-order chi connectivity index (χ1) is 16.1. The Balaban J connectivity index is 1.62. The van der Waals surface area contributed by atoms with Crippen LogP contribution in [-0.4, -0.2) is 23.1 Å². The van der Waals surface area contributed by atoms with E-state index in [1.54, 1.807) is 12.3 Å². The van der Waals surface area contributed by atoms with Crippen LogP contribution in [0.5, 0.6) is 0 Å². The van der Waals surface area contributed by atoms with Gasteiger partial charge in [0.1, 0.15) is 5.92 Å². The lowest BCUT2D eigenvalue weighted by molar-refractivity contribution is -0.115. The highest BCUT2D eigenvalue weighted by molar-refractivity contribution is 6.31. The van der Waals surface area contributed by atoms with Crippen LogP contribution in [0.2, 0.25) is 5.02 Å². The Morgan fingerprint density at radius 2 is 1.94 bits per heavy atom. The summed E-state index contributed by atoms with van der Waals surface area (Å²) in [4.78, 5) is 22.6. The van der Waals surface area contributed by atoms with E-state index in [9.17, 15) is 4.79 Å². The number of nitrogens with one attached hydrogen (secondary N) is 2. The largest absolute Gasteiger partial charge is 0.325 e. The third-order valence-corrected chi connectivity index (χ3v) is 6.02. The van der Waals surface area contributed by atoms with Crippen molar-refractivity contribution in [1.29, 1.82) is 0 Å². The molecular formula is C27H23ClN4O. The summed E-state index contributed by atoms with van der Waals surface area (Å²) in [7, 11) is 0. The average molecular weight is 455 g/mol. The fourth-order valence-corrected chi connectivity index (χ4v) is 4.30. The highest BCUT2D eigenvalue weighted by Gasteiger charge is 2.35. The molecule has 0 fully saturated rings. The normalized spacial score (nSPS) is 15.5. The summed E-state index contributed by atoms with van der Waals surface area (Å²) in [6.07, 6.45) is 1.77. The molecule has 1 aliphatic heterocycles. The van der Waals surface area contributed by atoms with Gasteiger partial charge in [-0.25, -0.2) is 0 Å². The summed E-state index contributed by atoms with van der Waals surface area (Å²) < 4.78 is 0. The van der Waals surface area contributed by atoms with Crippen LogP contribution in [0.1, 0.15) is 29.5 Å². The van der Waals surface area contributed by atoms with Crippen LogP contribution in [-0.2, 0) is 11.3 Å². The molecule has 0 bridgehead atoms. The first kappa shape index (κ1) is 21.3. The molecule has 1 unspecified atom stereocenters. The van der Waals surface area contributed by atoms with E-state index in [4.69, 9.17) is 16.6 Å². The van der Waals surface area contributed by atoms with Crippen LogP contribution in [0.15, 0.2) is 84.0 Å². The second-order valence-corrected chi connectivity index (χ2v) is 8.44. The number of anilines is 1. The quantitative estimate of drug-likeness (QED) is 0.359. The Kier molecular flexibility index (Phi) is 5.90. The van der Waals surface area contributed by atoms with Crippen molar-refractivity contribution in [1.82, 2.24) is 10.3 Å². The Hall–Kier alpha value is -3.54. The van der Waals surface area contributed by atoms with E-state index < -0.39 is 5.92 Å². The number of benzene rings is 3. The summed E-state index contributed by atoms with van der Waals surface area (Å²) in [5.74, 6) is -0.657. The Bertz CT molecular complexity index is 1360. The van der Waals surface area contributed by atoms with E-state index in [1.807, 2.05) is 54.6 Å². The van der Waals surface area contributed by atoms with Crippen molar-refractivity contribution in [3.8, 4) is 0 Å². The molecule has 6 heteroatoms. The fourth-order valence-electron chi connectivity index (χ4n) is 4.12. The van der Waals surface area contributed by atoms with E-state index in [1.165, 1.54) is 5.56 Å². The van der Waals surface area contributed by atoms with Crippen molar-refractivity contribution < 1.29 is 4.79 Å². The Morgan fingerprint density at radius 1 is 1.09 bits per heavy atom. The minimum atomic E-state index is -0.542. The number of amides is 1. The third kappa shape index (κ3) is 4.38. The average Bonchev–Trinajstić information content (AvgIpc) is 3.16. The summed E-state index contributed by atoms with van der Waals surface area (Å²) >= 11 is 6.17. The topological polar surface area (TPSA) is 66.4 Å². The van der Waals surface area contributed by atoms with Crippen molar-refractivity contribution in [2.24, 2.45) is 4.99 Å². The number of hydrogen-bond donors (Lipinski definition) is 2. The molecule has 0 spiro atoms. The number of halogens is 1. The molecule has 0 saturated carbocycles. The first-order valence-electron chi connectivity index (χ1n) is 11.0. The number of aliphatic imine (C=N–C) groups is 1. The smallest absolute Gasteiger partial charge is 0.238 e. The van der Waals surface area contributed by atoms with Gasteiger partial charge in [-0.3, -0.25) is 14.8 Å². The lowest BCUT2D eigenvalue weighted by Crippen LogP contribution is -2.22. The van der Waals surface area contributed by atoms with Gasteiger partial charge in [0.05, 0.1) is 16.9 Å². The summed E-state index contributed by atoms with van der Waals surface area (Å²) in [5, 5.41) is 7.91. The monoisotopic (exact) mass is 454 g/mol. The molecule has 2 N–H and O–H groups in total. The standard InChI is InChI=1S/C27H23ClN4O/c1-2-29-16-17-5-10-21(11-6-17)31-26(19-8-7-18-4-3-13-30-23(18)14-19)25-22-12-9-20(28)15-24(22)32-27(25)33/h3-15,25,29H,2,16H2,1H3,(H,32,33). The zero-order valence-corrected chi connectivity index (χ0v) is 18.9. The number of aromatic nitrogens is 1. The highest BCUT2D eigenvalue weighted by Crippen LogP contribution is 2.38. The molecule has 0 saturated heterocycles. The fraction of sp³-hybridized carbons (Fsp3) is 0.148. The molecule has 5 nitrogen and oxygen atoms in total. The van der Waals surface area contributed by atoms with E-state index in [2.05, 4.69) is 34.7 Å². The van der Waals surface area contributed by atoms with Gasteiger partial charge in [0.15, 0.2) is 0 Å². The molecule has 1 aromatic heterocycles. The number of pyridine rings is 1. The van der Waals surface area contributed by atoms with E-state index >= 15 is 0 Å². The van der Waals surface area contributed by atoms with Gasteiger partial charge in [-0.05, 0) is 59.6 Å². The Morgan fingerprint density at radius 3 is 2.76 bits per heavy atom. The molecule has 3 aromatic carbocycles. The molecule has 164 valence electrons. The highest BCUT2D eigenvalue weighted by atomic mass is 35.5. The first-order valence-corrected chi connectivity index (χ1v) is 11.3. The number of carbonyl (C=O) groups excluding carboxylic acids is 1. The molecule has 2 heterocycles. The molecule has 1 amide bonds. The summed E-state index contributed by atoms with van der Waals surface area (Å²) in [6, 6.07) is 23.5. The van der Waals surface area contributed by atoms with Crippen LogP contribution in [0.25, 0.3) is 10.9 Å². The molecule has 1 atom stereocenters. The van der Waals surface area contributed by atoms with Gasteiger partial charge in [0.25, 0.3) is 0 Å². The van der Waals surface area contributed by atoms with Crippen molar-refractivity contribution in [2.45, 2.75) is 19.4 Å². The van der Waals surface area contributed by atoms with E-state index in [0.29, 0.717) is 10.7 Å². The predicted octanol–water partition coefficient (Wildman–Crippen LogP) is 5.85. The van der Waals surface area contributed by atoms with Crippen LogP contribution in [0.3, 0.4) is 0 Å². The van der Waals surface area contributed by atoms with Gasteiger partial charge >= 0.3 is 0 Å². The van der Waals surface area contributed by atoms with Crippen molar-refractivity contribution in [3.05, 3.63) is 101 Å². The lowest BCUT2D eigenvalue weighted by atomic mass is 9.90. The number of rotatable bonds is 6. The van der Waals surface area contributed by atoms with Gasteiger partial charge in [0, 0.05) is 28.8 Å². The SMILES string of the molecule is CCNCc1ccc(N=C(c2ccc3cccnc3c2)C2C(=O)Nc3cc(Cl)ccc32)cc1. The van der Waals surface area contributed by atoms with Gasteiger partial charge in [-0.1, -0.05) is 54.9 Å². The van der Waals surface area contributed by atoms with Gasteiger partial charge in [0.2, 0.25) is 5.91 Å². The molecular weight excluding hydrogens is 432 g/mol. The third-order valence-electron chi connectivity index (χ3n) is 5.79. The van der Waals surface area contributed by atoms with Crippen LogP contribution in [0, 0.1) is 0 Å². The Labute approximate surface area is 197 Å². The maximum absolute atomic E-state index is 13.1. The van der Waals surface area contributed by atoms with Crippen molar-refractivity contribution >= 4 is 45.5 Å². The van der Waals surface area contributed by atoms with Crippen LogP contribution < -0.4 is 10.6 Å². The summed E-state index contributed by atoms with van der Waals surface area (Å²) in [5.41, 5.74) is 5.98. The molecule has 33 heavy (non-hydrogen) atoms. The molecule has 4 aromatic rings. The zero-order chi connectivity index (χ0) is 22.8. The minimum absolute atomic E-state index is 0.115. The van der Waals surface area contributed by atoms with Gasteiger partial charge in [-0.2, -0.15) is 0 Å². The van der Waals surface area contributed by atoms with E-state index in [-0.39, 0.29) is 5.91 Å². The van der Waals surface area contributed by atoms with Gasteiger partial charge in [-0.15, -0.1) is 0 Å². The lowest BCUT2D eigenvalue weighted by Gasteiger charge is -2.15. The molecule has 5 rings (SSSR count). The van der Waals surface area contributed by atoms with E-state index in [0.717, 1.165) is 46.5 Å².